The molecule has 29 heavy (non-hydrogen) atoms. The fourth-order valence-electron chi connectivity index (χ4n) is 3.34. The van der Waals surface area contributed by atoms with Crippen molar-refractivity contribution in [1.82, 2.24) is 5.01 Å². The Balaban J connectivity index is 1.81. The summed E-state index contributed by atoms with van der Waals surface area (Å²) in [5, 5.41) is 8.03. The maximum atomic E-state index is 12.7. The van der Waals surface area contributed by atoms with Crippen LogP contribution in [0.15, 0.2) is 17.2 Å². The molecule has 2 aliphatic heterocycles. The first-order valence-electron chi connectivity index (χ1n) is 8.99. The predicted octanol–water partition coefficient (Wildman–Crippen LogP) is 0.816. The topological polar surface area (TPSA) is 124 Å². The number of hydrazone groups is 1. The van der Waals surface area contributed by atoms with Crippen molar-refractivity contribution in [2.24, 2.45) is 5.10 Å². The lowest BCUT2D eigenvalue weighted by Crippen LogP contribution is -2.42. The number of carbonyl (C=O) groups is 2. The van der Waals surface area contributed by atoms with Crippen molar-refractivity contribution in [3.05, 3.63) is 12.1 Å². The van der Waals surface area contributed by atoms with Gasteiger partial charge in [-0.1, -0.05) is 0 Å². The van der Waals surface area contributed by atoms with E-state index < -0.39 is 21.8 Å². The van der Waals surface area contributed by atoms with Gasteiger partial charge in [-0.15, -0.1) is 0 Å². The average Bonchev–Trinajstić information content (AvgIpc) is 3.06. The molecule has 3 rings (SSSR count). The van der Waals surface area contributed by atoms with Gasteiger partial charge in [0.25, 0.3) is 5.91 Å². The smallest absolute Gasteiger partial charge is 0.271 e. The van der Waals surface area contributed by atoms with Gasteiger partial charge in [-0.3, -0.25) is 9.59 Å². The SMILES string of the molecule is COc1cc(NC(=O)C2=NN([C@H]3CCS(=O)(=O)C3)C(=O)CC2)cc(OC)c1OC. The molecule has 0 bridgehead atoms. The molecule has 1 aromatic rings. The molecule has 11 heteroatoms. The number of hydrogen-bond donors (Lipinski definition) is 1. The van der Waals surface area contributed by atoms with Gasteiger partial charge in [-0.2, -0.15) is 5.10 Å². The highest BCUT2D eigenvalue weighted by Gasteiger charge is 2.37. The molecule has 0 aromatic heterocycles. The van der Waals surface area contributed by atoms with E-state index in [-0.39, 0.29) is 36.0 Å². The molecule has 2 aliphatic rings. The molecule has 1 N–H and O–H groups in total. The second-order valence-electron chi connectivity index (χ2n) is 6.71. The fraction of sp³-hybridized carbons (Fsp3) is 0.500. The molecule has 10 nitrogen and oxygen atoms in total. The molecular weight excluding hydrogens is 402 g/mol. The Kier molecular flexibility index (Phi) is 5.96. The van der Waals surface area contributed by atoms with Gasteiger partial charge >= 0.3 is 0 Å². The van der Waals surface area contributed by atoms with Gasteiger partial charge in [0, 0.05) is 30.7 Å². The highest BCUT2D eigenvalue weighted by atomic mass is 32.2. The zero-order valence-corrected chi connectivity index (χ0v) is 17.2. The first-order valence-corrected chi connectivity index (χ1v) is 10.8. The average molecular weight is 425 g/mol. The van der Waals surface area contributed by atoms with Crippen LogP contribution in [-0.4, -0.2) is 69.8 Å². The number of benzene rings is 1. The normalized spacial score (nSPS) is 20.8. The summed E-state index contributed by atoms with van der Waals surface area (Å²) < 4.78 is 39.2. The molecule has 0 radical (unpaired) electrons. The number of methoxy groups -OCH3 is 3. The Morgan fingerprint density at radius 3 is 2.31 bits per heavy atom. The standard InChI is InChI=1S/C18H23N3O7S/c1-26-14-8-11(9-15(27-2)17(14)28-3)19-18(23)13-4-5-16(22)21(20-13)12-6-7-29(24,25)10-12/h8-9,12H,4-7,10H2,1-3H3,(H,19,23)/t12-/m0/s1. The van der Waals surface area contributed by atoms with Crippen LogP contribution in [-0.2, 0) is 19.4 Å². The summed E-state index contributed by atoms with van der Waals surface area (Å²) in [6.45, 7) is 0. The molecule has 1 aromatic carbocycles. The predicted molar refractivity (Wildman–Crippen MR) is 105 cm³/mol. The van der Waals surface area contributed by atoms with E-state index in [0.29, 0.717) is 29.4 Å². The van der Waals surface area contributed by atoms with E-state index >= 15 is 0 Å². The summed E-state index contributed by atoms with van der Waals surface area (Å²) in [5.74, 6) is 0.256. The Morgan fingerprint density at radius 1 is 1.14 bits per heavy atom. The van der Waals surface area contributed by atoms with Crippen molar-refractivity contribution in [3.63, 3.8) is 0 Å². The molecule has 2 amide bonds. The van der Waals surface area contributed by atoms with Crippen LogP contribution in [0.3, 0.4) is 0 Å². The largest absolute Gasteiger partial charge is 0.493 e. The minimum Gasteiger partial charge on any atom is -0.493 e. The van der Waals surface area contributed by atoms with Crippen molar-refractivity contribution in [2.45, 2.75) is 25.3 Å². The van der Waals surface area contributed by atoms with Crippen LogP contribution in [0.25, 0.3) is 0 Å². The van der Waals surface area contributed by atoms with E-state index in [1.807, 2.05) is 0 Å². The van der Waals surface area contributed by atoms with E-state index in [1.54, 1.807) is 12.1 Å². The summed E-state index contributed by atoms with van der Waals surface area (Å²) in [6.07, 6.45) is 0.586. The summed E-state index contributed by atoms with van der Waals surface area (Å²) in [4.78, 5) is 24.9. The van der Waals surface area contributed by atoms with Gasteiger partial charge < -0.3 is 19.5 Å². The van der Waals surface area contributed by atoms with E-state index in [9.17, 15) is 18.0 Å². The monoisotopic (exact) mass is 425 g/mol. The number of hydrogen-bond acceptors (Lipinski definition) is 8. The van der Waals surface area contributed by atoms with Crippen molar-refractivity contribution in [3.8, 4) is 17.2 Å². The van der Waals surface area contributed by atoms with Gasteiger partial charge in [0.15, 0.2) is 21.3 Å². The minimum absolute atomic E-state index is 0.0178. The second kappa shape index (κ2) is 8.27. The van der Waals surface area contributed by atoms with E-state index in [1.165, 1.54) is 21.3 Å². The van der Waals surface area contributed by atoms with Gasteiger partial charge in [0.1, 0.15) is 5.71 Å². The van der Waals surface area contributed by atoms with Crippen LogP contribution in [0.4, 0.5) is 5.69 Å². The quantitative estimate of drug-likeness (QED) is 0.715. The van der Waals surface area contributed by atoms with Gasteiger partial charge in [-0.05, 0) is 6.42 Å². The number of anilines is 1. The molecular formula is C18H23N3O7S. The number of ether oxygens (including phenoxy) is 3. The second-order valence-corrected chi connectivity index (χ2v) is 8.94. The van der Waals surface area contributed by atoms with Gasteiger partial charge in [-0.25, -0.2) is 13.4 Å². The maximum absolute atomic E-state index is 12.7. The molecule has 0 aliphatic carbocycles. The van der Waals surface area contributed by atoms with Crippen LogP contribution in [0.2, 0.25) is 0 Å². The molecule has 0 spiro atoms. The molecule has 0 unspecified atom stereocenters. The molecule has 2 heterocycles. The lowest BCUT2D eigenvalue weighted by atomic mass is 10.1. The number of nitrogens with zero attached hydrogens (tertiary/aromatic N) is 2. The van der Waals surface area contributed by atoms with E-state index in [4.69, 9.17) is 14.2 Å². The van der Waals surface area contributed by atoms with E-state index in [0.717, 1.165) is 5.01 Å². The Hall–Kier alpha value is -2.82. The zero-order valence-electron chi connectivity index (χ0n) is 16.4. The lowest BCUT2D eigenvalue weighted by Gasteiger charge is -2.27. The Labute approximate surface area is 168 Å². The molecule has 1 atom stereocenters. The maximum Gasteiger partial charge on any atom is 0.271 e. The van der Waals surface area contributed by atoms with E-state index in [2.05, 4.69) is 10.4 Å². The number of carbonyl (C=O) groups excluding carboxylic acids is 2. The Morgan fingerprint density at radius 2 is 1.79 bits per heavy atom. The first kappa shape index (κ1) is 20.9. The molecule has 1 saturated heterocycles. The van der Waals surface area contributed by atoms with Crippen LogP contribution in [0, 0.1) is 0 Å². The van der Waals surface area contributed by atoms with Gasteiger partial charge in [0.2, 0.25) is 11.7 Å². The zero-order chi connectivity index (χ0) is 21.2. The first-order chi connectivity index (χ1) is 13.8. The summed E-state index contributed by atoms with van der Waals surface area (Å²) in [6, 6.07) is 2.63. The van der Waals surface area contributed by atoms with Crippen LogP contribution >= 0.6 is 0 Å². The number of sulfone groups is 1. The van der Waals surface area contributed by atoms with Crippen LogP contribution in [0.5, 0.6) is 17.2 Å². The highest BCUT2D eigenvalue weighted by molar-refractivity contribution is 7.91. The lowest BCUT2D eigenvalue weighted by molar-refractivity contribution is -0.133. The van der Waals surface area contributed by atoms with Crippen LogP contribution in [0.1, 0.15) is 19.3 Å². The highest BCUT2D eigenvalue weighted by Crippen LogP contribution is 2.40. The molecule has 158 valence electrons. The number of amides is 2. The number of rotatable bonds is 6. The third-order valence-corrected chi connectivity index (χ3v) is 6.55. The number of nitrogens with one attached hydrogen (secondary N) is 1. The van der Waals surface area contributed by atoms with Crippen molar-refractivity contribution < 1.29 is 32.2 Å². The summed E-state index contributed by atoms with van der Waals surface area (Å²) in [7, 11) is 1.23. The third-order valence-electron chi connectivity index (χ3n) is 4.80. The third kappa shape index (κ3) is 4.44. The summed E-state index contributed by atoms with van der Waals surface area (Å²) in [5.41, 5.74) is 0.557. The minimum atomic E-state index is -3.18. The summed E-state index contributed by atoms with van der Waals surface area (Å²) >= 11 is 0. The van der Waals surface area contributed by atoms with Crippen molar-refractivity contribution in [1.29, 1.82) is 0 Å². The van der Waals surface area contributed by atoms with Gasteiger partial charge in [0.05, 0.1) is 38.9 Å². The fourth-order valence-corrected chi connectivity index (χ4v) is 5.04. The van der Waals surface area contributed by atoms with Crippen LogP contribution < -0.4 is 19.5 Å². The van der Waals surface area contributed by atoms with Crippen molar-refractivity contribution >= 4 is 33.1 Å². The Bertz CT molecular complexity index is 933. The van der Waals surface area contributed by atoms with Crippen molar-refractivity contribution in [2.75, 3.05) is 38.2 Å². The molecule has 1 fully saturated rings. The molecule has 0 saturated carbocycles.